The van der Waals surface area contributed by atoms with Gasteiger partial charge in [-0.2, -0.15) is 0 Å². The summed E-state index contributed by atoms with van der Waals surface area (Å²) in [6, 6.07) is 5.20. The molecule has 2 aromatic rings. The second kappa shape index (κ2) is 10.9. The molecule has 38 heavy (non-hydrogen) atoms. The van der Waals surface area contributed by atoms with E-state index < -0.39 is 6.04 Å². The zero-order chi connectivity index (χ0) is 27.0. The molecule has 0 spiro atoms. The second-order valence-electron chi connectivity index (χ2n) is 10.8. The van der Waals surface area contributed by atoms with E-state index in [1.54, 1.807) is 19.0 Å². The first-order valence-corrected chi connectivity index (χ1v) is 13.9. The molecular weight excluding hydrogens is 502 g/mol. The maximum atomic E-state index is 13.3. The molecule has 202 valence electrons. The molecule has 3 amide bonds. The van der Waals surface area contributed by atoms with Gasteiger partial charge in [0.2, 0.25) is 5.91 Å². The molecule has 2 aliphatic heterocycles. The van der Waals surface area contributed by atoms with Crippen molar-refractivity contribution in [3.63, 3.8) is 0 Å². The number of carbonyl (C=O) groups excluding carboxylic acids is 3. The van der Waals surface area contributed by atoms with E-state index in [1.165, 1.54) is 11.3 Å². The lowest BCUT2D eigenvalue weighted by atomic mass is 9.81. The summed E-state index contributed by atoms with van der Waals surface area (Å²) in [5, 5.41) is 6.69. The number of rotatable bonds is 5. The maximum Gasteiger partial charge on any atom is 0.280 e. The van der Waals surface area contributed by atoms with Crippen molar-refractivity contribution in [1.82, 2.24) is 25.4 Å². The quantitative estimate of drug-likeness (QED) is 0.607. The lowest BCUT2D eigenvalue weighted by Gasteiger charge is -2.37. The number of benzene rings is 1. The van der Waals surface area contributed by atoms with Crippen LogP contribution in [0.25, 0.3) is 6.08 Å². The minimum Gasteiger partial charge on any atom is -0.488 e. The minimum absolute atomic E-state index is 0.0389. The van der Waals surface area contributed by atoms with Crippen molar-refractivity contribution in [3.05, 3.63) is 50.5 Å². The number of aryl methyl sites for hydroxylation is 1. The van der Waals surface area contributed by atoms with Crippen molar-refractivity contribution in [2.75, 3.05) is 34.3 Å². The lowest BCUT2D eigenvalue weighted by molar-refractivity contribution is -0.134. The molecule has 10 heteroatoms. The van der Waals surface area contributed by atoms with Crippen LogP contribution in [0.15, 0.2) is 23.8 Å². The van der Waals surface area contributed by atoms with Crippen LogP contribution >= 0.6 is 11.3 Å². The van der Waals surface area contributed by atoms with Gasteiger partial charge in [0, 0.05) is 56.0 Å². The number of likely N-dealkylation sites (N-methyl/N-ethyl adjacent to an activating group) is 1. The third-order valence-electron chi connectivity index (χ3n) is 7.56. The first kappa shape index (κ1) is 26.4. The zero-order valence-electron chi connectivity index (χ0n) is 22.4. The summed E-state index contributed by atoms with van der Waals surface area (Å²) >= 11 is 1.43. The predicted molar refractivity (Wildman–Crippen MR) is 146 cm³/mol. The molecule has 2 N–H and O–H groups in total. The van der Waals surface area contributed by atoms with E-state index in [0.717, 1.165) is 47.0 Å². The Morgan fingerprint density at radius 1 is 1.13 bits per heavy atom. The molecule has 3 atom stereocenters. The van der Waals surface area contributed by atoms with Crippen LogP contribution < -0.4 is 15.4 Å². The van der Waals surface area contributed by atoms with Crippen molar-refractivity contribution in [2.24, 2.45) is 5.92 Å². The Kier molecular flexibility index (Phi) is 7.54. The van der Waals surface area contributed by atoms with Crippen LogP contribution in [-0.2, 0) is 22.6 Å². The SMILES string of the molecule is Cc1ccc2c(c1)OCC(C(=O)N[C@H]1CC[C@H](C(=O)N(C)C)C[C@H]1NC(=O)c1nc3c(s1)CN(C)CC3)=C2. The van der Waals surface area contributed by atoms with Crippen LogP contribution in [0.1, 0.15) is 50.8 Å². The van der Waals surface area contributed by atoms with Gasteiger partial charge in [-0.05, 0) is 50.9 Å². The van der Waals surface area contributed by atoms with Gasteiger partial charge in [0.1, 0.15) is 12.4 Å². The molecule has 0 unspecified atom stereocenters. The number of ether oxygens (including phenoxy) is 1. The van der Waals surface area contributed by atoms with Crippen LogP contribution in [0.4, 0.5) is 0 Å². The molecular formula is C28H35N5O4S. The molecule has 1 aliphatic carbocycles. The summed E-state index contributed by atoms with van der Waals surface area (Å²) in [7, 11) is 5.55. The minimum atomic E-state index is -0.391. The van der Waals surface area contributed by atoms with Crippen LogP contribution in [0.3, 0.4) is 0 Å². The third-order valence-corrected chi connectivity index (χ3v) is 8.64. The van der Waals surface area contributed by atoms with E-state index in [4.69, 9.17) is 4.74 Å². The van der Waals surface area contributed by atoms with Crippen LogP contribution in [0.5, 0.6) is 5.75 Å². The van der Waals surface area contributed by atoms with Crippen molar-refractivity contribution >= 4 is 35.1 Å². The van der Waals surface area contributed by atoms with E-state index in [2.05, 4.69) is 27.6 Å². The molecule has 3 heterocycles. The Balaban J connectivity index is 1.32. The van der Waals surface area contributed by atoms with Gasteiger partial charge in [0.05, 0.1) is 17.3 Å². The summed E-state index contributed by atoms with van der Waals surface area (Å²) in [5.74, 6) is 0.127. The molecule has 0 bridgehead atoms. The van der Waals surface area contributed by atoms with Crippen molar-refractivity contribution in [3.8, 4) is 5.75 Å². The molecule has 0 saturated heterocycles. The second-order valence-corrected chi connectivity index (χ2v) is 11.9. The number of carbonyl (C=O) groups is 3. The largest absolute Gasteiger partial charge is 0.488 e. The van der Waals surface area contributed by atoms with Gasteiger partial charge in [-0.3, -0.25) is 14.4 Å². The number of hydrogen-bond donors (Lipinski definition) is 2. The maximum absolute atomic E-state index is 13.3. The van der Waals surface area contributed by atoms with Gasteiger partial charge in [-0.25, -0.2) is 4.98 Å². The molecule has 3 aliphatic rings. The zero-order valence-corrected chi connectivity index (χ0v) is 23.2. The fourth-order valence-corrected chi connectivity index (χ4v) is 6.50. The summed E-state index contributed by atoms with van der Waals surface area (Å²) in [4.78, 5) is 48.9. The molecule has 1 saturated carbocycles. The predicted octanol–water partition coefficient (Wildman–Crippen LogP) is 2.39. The van der Waals surface area contributed by atoms with E-state index in [-0.39, 0.29) is 36.3 Å². The number of amides is 3. The summed E-state index contributed by atoms with van der Waals surface area (Å²) in [6.45, 7) is 3.90. The normalized spacial score (nSPS) is 22.8. The molecule has 5 rings (SSSR count). The van der Waals surface area contributed by atoms with E-state index in [1.807, 2.05) is 31.2 Å². The highest BCUT2D eigenvalue weighted by molar-refractivity contribution is 7.13. The number of aromatic nitrogens is 1. The number of nitrogens with one attached hydrogen (secondary N) is 2. The third kappa shape index (κ3) is 5.61. The van der Waals surface area contributed by atoms with Gasteiger partial charge in [-0.1, -0.05) is 12.1 Å². The van der Waals surface area contributed by atoms with E-state index in [9.17, 15) is 14.4 Å². The van der Waals surface area contributed by atoms with Crippen LogP contribution in [0.2, 0.25) is 0 Å². The van der Waals surface area contributed by atoms with E-state index >= 15 is 0 Å². The topological polar surface area (TPSA) is 104 Å². The van der Waals surface area contributed by atoms with Gasteiger partial charge in [0.15, 0.2) is 5.01 Å². The first-order valence-electron chi connectivity index (χ1n) is 13.1. The number of nitrogens with zero attached hydrogens (tertiary/aromatic N) is 3. The molecule has 1 fully saturated rings. The van der Waals surface area contributed by atoms with Crippen LogP contribution in [0, 0.1) is 12.8 Å². The molecule has 9 nitrogen and oxygen atoms in total. The Morgan fingerprint density at radius 2 is 1.92 bits per heavy atom. The lowest BCUT2D eigenvalue weighted by Crippen LogP contribution is -2.56. The van der Waals surface area contributed by atoms with Crippen molar-refractivity contribution in [2.45, 2.75) is 51.2 Å². The van der Waals surface area contributed by atoms with Gasteiger partial charge in [0.25, 0.3) is 11.8 Å². The van der Waals surface area contributed by atoms with E-state index in [0.29, 0.717) is 29.8 Å². The molecule has 1 aromatic heterocycles. The summed E-state index contributed by atoms with van der Waals surface area (Å²) < 4.78 is 5.84. The van der Waals surface area contributed by atoms with Crippen LogP contribution in [-0.4, -0.2) is 78.9 Å². The highest BCUT2D eigenvalue weighted by Gasteiger charge is 2.37. The fourth-order valence-electron chi connectivity index (χ4n) is 5.41. The number of thiazole rings is 1. The van der Waals surface area contributed by atoms with Crippen molar-refractivity contribution < 1.29 is 19.1 Å². The Labute approximate surface area is 227 Å². The Hall–Kier alpha value is -3.24. The number of hydrogen-bond acceptors (Lipinski definition) is 7. The summed E-state index contributed by atoms with van der Waals surface area (Å²) in [6.07, 6.45) is 4.38. The first-order chi connectivity index (χ1) is 18.2. The smallest absolute Gasteiger partial charge is 0.280 e. The molecule has 1 aromatic carbocycles. The highest BCUT2D eigenvalue weighted by Crippen LogP contribution is 2.30. The standard InChI is InChI=1S/C28H35N5O4S/c1-16-5-6-17-12-19(15-37-23(17)11-16)25(34)29-20-8-7-18(28(36)32(2)3)13-22(20)30-26(35)27-31-21-9-10-33(4)14-24(21)38-27/h5-6,11-12,18,20,22H,7-10,13-15H2,1-4H3,(H,29,34)(H,30,35)/t18-,20-,22+/m0/s1. The molecule has 0 radical (unpaired) electrons. The fraction of sp³-hybridized carbons (Fsp3) is 0.500. The average molecular weight is 538 g/mol. The van der Waals surface area contributed by atoms with Gasteiger partial charge >= 0.3 is 0 Å². The Morgan fingerprint density at radius 3 is 2.71 bits per heavy atom. The van der Waals surface area contributed by atoms with Crippen molar-refractivity contribution in [1.29, 1.82) is 0 Å². The number of fused-ring (bicyclic) bond motifs is 2. The Bertz CT molecular complexity index is 1290. The highest BCUT2D eigenvalue weighted by atomic mass is 32.1. The average Bonchev–Trinajstić information content (AvgIpc) is 3.32. The summed E-state index contributed by atoms with van der Waals surface area (Å²) in [5.41, 5.74) is 3.50. The van der Waals surface area contributed by atoms with Gasteiger partial charge < -0.3 is 25.2 Å². The van der Waals surface area contributed by atoms with Gasteiger partial charge in [-0.15, -0.1) is 11.3 Å². The monoisotopic (exact) mass is 537 g/mol.